The highest BCUT2D eigenvalue weighted by Crippen LogP contribution is 2.83. The number of epoxide rings is 3. The molecule has 4 aliphatic heterocycles. The number of fused-ring (bicyclic) bond motifs is 5. The second-order valence-electron chi connectivity index (χ2n) is 17.9. The first-order valence-corrected chi connectivity index (χ1v) is 21.1. The lowest BCUT2D eigenvalue weighted by molar-refractivity contribution is -0.697. The minimum absolute atomic E-state index is 0. The summed E-state index contributed by atoms with van der Waals surface area (Å²) in [5, 5.41) is 1.24. The van der Waals surface area contributed by atoms with E-state index in [9.17, 15) is 9.59 Å². The Morgan fingerprint density at radius 1 is 0.964 bits per heavy atom. The van der Waals surface area contributed by atoms with Gasteiger partial charge >= 0.3 is 11.9 Å². The number of aromatic nitrogens is 2. The molecule has 2 spiro atoms. The normalized spacial score (nSPS) is 35.5. The first-order valence-electron chi connectivity index (χ1n) is 21.1. The summed E-state index contributed by atoms with van der Waals surface area (Å²) >= 11 is 0. The molecule has 9 atom stereocenters. The van der Waals surface area contributed by atoms with Crippen molar-refractivity contribution in [2.24, 2.45) is 17.3 Å². The summed E-state index contributed by atoms with van der Waals surface area (Å²) in [5.41, 5.74) is 3.52. The van der Waals surface area contributed by atoms with E-state index in [2.05, 4.69) is 97.5 Å². The van der Waals surface area contributed by atoms with Crippen LogP contribution in [0.4, 0.5) is 0 Å². The molecule has 10 heteroatoms. The SMILES string of the molecule is CC(C)[C@]12O[C@H]1[C@@H]1O[C@]13[C@]1(O[C@H]1C[C@H]1C4=C(CC[C@@]13C)C(=O)OC4)[C@@H]2OC(=O)CCCCCCCCCC[n+]1ccc(/C=C/c2c[nH]c3ccccc23)cc1.[Br-]. The van der Waals surface area contributed by atoms with Gasteiger partial charge in [-0.15, -0.1) is 0 Å². The molecule has 0 unspecified atom stereocenters. The lowest BCUT2D eigenvalue weighted by Gasteiger charge is -2.53. The number of carbonyl (C=O) groups is 2. The number of cyclic esters (lactones) is 1. The third-order valence-electron chi connectivity index (χ3n) is 14.9. The maximum Gasteiger partial charge on any atom is 0.334 e. The fourth-order valence-corrected chi connectivity index (χ4v) is 11.8. The second-order valence-corrected chi connectivity index (χ2v) is 17.9. The molecule has 0 amide bonds. The molecule has 298 valence electrons. The van der Waals surface area contributed by atoms with E-state index < -0.39 is 22.9 Å². The van der Waals surface area contributed by atoms with Gasteiger partial charge in [0.05, 0.1) is 6.10 Å². The number of hydrogen-bond donors (Lipinski definition) is 1. The van der Waals surface area contributed by atoms with Crippen molar-refractivity contribution in [1.29, 1.82) is 0 Å². The van der Waals surface area contributed by atoms with Gasteiger partial charge in [-0.25, -0.2) is 9.36 Å². The van der Waals surface area contributed by atoms with Crippen LogP contribution in [0.15, 0.2) is 66.1 Å². The number of benzene rings is 1. The smallest absolute Gasteiger partial charge is 0.334 e. The van der Waals surface area contributed by atoms with Crippen LogP contribution in [-0.2, 0) is 39.8 Å². The lowest BCUT2D eigenvalue weighted by atomic mass is 9.46. The predicted molar refractivity (Wildman–Crippen MR) is 206 cm³/mol. The van der Waals surface area contributed by atoms with Crippen molar-refractivity contribution in [3.63, 3.8) is 0 Å². The third-order valence-corrected chi connectivity index (χ3v) is 14.9. The van der Waals surface area contributed by atoms with Crippen molar-refractivity contribution in [3.8, 4) is 0 Å². The highest BCUT2D eigenvalue weighted by atomic mass is 79.9. The highest BCUT2D eigenvalue weighted by molar-refractivity contribution is 5.92. The Labute approximate surface area is 340 Å². The molecule has 5 fully saturated rings. The van der Waals surface area contributed by atoms with Crippen LogP contribution in [0.2, 0.25) is 0 Å². The summed E-state index contributed by atoms with van der Waals surface area (Å²) in [5.74, 6) is 0.0173. The third kappa shape index (κ3) is 5.66. The fraction of sp³-hybridized carbons (Fsp3) is 0.587. The van der Waals surface area contributed by atoms with Crippen molar-refractivity contribution in [3.05, 3.63) is 77.3 Å². The molecule has 1 N–H and O–H groups in total. The van der Waals surface area contributed by atoms with Crippen molar-refractivity contribution in [2.45, 2.75) is 146 Å². The van der Waals surface area contributed by atoms with Crippen LogP contribution in [-0.4, -0.2) is 64.7 Å². The Balaban J connectivity index is 0.00000410. The van der Waals surface area contributed by atoms with Gasteiger partial charge in [0, 0.05) is 53.1 Å². The van der Waals surface area contributed by atoms with Crippen molar-refractivity contribution < 1.29 is 54.8 Å². The molecule has 2 saturated carbocycles. The number of aryl methyl sites for hydroxylation is 1. The summed E-state index contributed by atoms with van der Waals surface area (Å²) in [6.45, 7) is 8.06. The molecule has 7 aliphatic rings. The molecular weight excluding hydrogens is 772 g/mol. The largest absolute Gasteiger partial charge is 1.00 e. The van der Waals surface area contributed by atoms with Crippen LogP contribution in [0.3, 0.4) is 0 Å². The molecule has 10 rings (SSSR count). The Bertz CT molecular complexity index is 2080. The Morgan fingerprint density at radius 2 is 1.71 bits per heavy atom. The molecule has 1 aromatic carbocycles. The first-order chi connectivity index (χ1) is 26.7. The average Bonchev–Trinajstić information content (AvgIpc) is 4.13. The Hall–Kier alpha value is -3.31. The zero-order valence-electron chi connectivity index (χ0n) is 32.9. The van der Waals surface area contributed by atoms with Crippen molar-refractivity contribution in [2.75, 3.05) is 6.61 Å². The topological polar surface area (TPSA) is 110 Å². The second kappa shape index (κ2) is 14.2. The number of pyridine rings is 1. The lowest BCUT2D eigenvalue weighted by Crippen LogP contribution is -3.00. The monoisotopic (exact) mass is 826 g/mol. The van der Waals surface area contributed by atoms with E-state index in [-0.39, 0.29) is 64.5 Å². The van der Waals surface area contributed by atoms with Gasteiger partial charge in [-0.05, 0) is 66.7 Å². The van der Waals surface area contributed by atoms with Crippen LogP contribution >= 0.6 is 0 Å². The van der Waals surface area contributed by atoms with E-state index in [1.165, 1.54) is 48.6 Å². The summed E-state index contributed by atoms with van der Waals surface area (Å²) in [4.78, 5) is 29.4. The van der Waals surface area contributed by atoms with Gasteiger partial charge in [-0.3, -0.25) is 4.79 Å². The molecule has 0 radical (unpaired) electrons. The number of rotatable bonds is 15. The number of halogens is 1. The first kappa shape index (κ1) is 38.2. The average molecular weight is 828 g/mol. The van der Waals surface area contributed by atoms with E-state index in [0.29, 0.717) is 19.4 Å². The molecule has 3 aromatic rings. The highest BCUT2D eigenvalue weighted by Gasteiger charge is 3.01. The van der Waals surface area contributed by atoms with Gasteiger partial charge in [0.25, 0.3) is 0 Å². The maximum absolute atomic E-state index is 13.6. The minimum Gasteiger partial charge on any atom is -1.00 e. The number of para-hydroxylation sites is 1. The summed E-state index contributed by atoms with van der Waals surface area (Å²) in [7, 11) is 0. The number of hydrogen-bond acceptors (Lipinski definition) is 7. The van der Waals surface area contributed by atoms with Gasteiger partial charge in [0.1, 0.15) is 36.6 Å². The van der Waals surface area contributed by atoms with Crippen LogP contribution < -0.4 is 21.5 Å². The number of nitrogens with zero attached hydrogens (tertiary/aromatic N) is 1. The summed E-state index contributed by atoms with van der Waals surface area (Å²) in [6, 6.07) is 12.8. The van der Waals surface area contributed by atoms with E-state index in [1.54, 1.807) is 0 Å². The van der Waals surface area contributed by atoms with Gasteiger partial charge in [-0.2, -0.15) is 0 Å². The number of ether oxygens (including phenoxy) is 5. The van der Waals surface area contributed by atoms with Gasteiger partial charge in [0.2, 0.25) is 0 Å². The van der Waals surface area contributed by atoms with Crippen LogP contribution in [0.25, 0.3) is 23.1 Å². The molecule has 0 bridgehead atoms. The molecule has 2 aromatic heterocycles. The van der Waals surface area contributed by atoms with E-state index in [4.69, 9.17) is 23.7 Å². The molecule has 9 nitrogen and oxygen atoms in total. The van der Waals surface area contributed by atoms with E-state index in [1.807, 2.05) is 0 Å². The number of H-pyrrole nitrogens is 1. The van der Waals surface area contributed by atoms with E-state index >= 15 is 0 Å². The van der Waals surface area contributed by atoms with E-state index in [0.717, 1.165) is 55.3 Å². The zero-order chi connectivity index (χ0) is 37.6. The van der Waals surface area contributed by atoms with Gasteiger partial charge in [-0.1, -0.05) is 83.2 Å². The molecule has 6 heterocycles. The zero-order valence-corrected chi connectivity index (χ0v) is 34.5. The quantitative estimate of drug-likeness (QED) is 0.102. The molecular formula is C46H55BrN2O7. The Kier molecular flexibility index (Phi) is 9.70. The number of nitrogens with one attached hydrogen (secondary N) is 1. The molecule has 56 heavy (non-hydrogen) atoms. The summed E-state index contributed by atoms with van der Waals surface area (Å²) in [6.07, 6.45) is 21.9. The number of esters is 2. The Morgan fingerprint density at radius 3 is 2.50 bits per heavy atom. The van der Waals surface area contributed by atoms with Gasteiger partial charge in [0.15, 0.2) is 24.1 Å². The predicted octanol–water partition coefficient (Wildman–Crippen LogP) is 4.81. The van der Waals surface area contributed by atoms with Gasteiger partial charge < -0.3 is 45.6 Å². The van der Waals surface area contributed by atoms with Crippen molar-refractivity contribution in [1.82, 2.24) is 4.98 Å². The number of carbonyl (C=O) groups excluding carboxylic acids is 2. The number of aromatic amines is 1. The molecule has 3 aliphatic carbocycles. The number of unbranched alkanes of at least 4 members (excludes halogenated alkanes) is 7. The summed E-state index contributed by atoms with van der Waals surface area (Å²) < 4.78 is 34.5. The standard InChI is InChI=1S/C46H54N2O7.BrH/c1-29(2)44-39(54-44)40-46(55-40)43(3)22-19-33-34(28-51-41(33)50)35(43)26-37-45(46,53-37)42(44)52-38(49)16-10-8-6-4-5-7-9-13-23-48-24-20-30(21-25-48)17-18-31-27-47-36-15-12-11-14-32(31)36;/h11-12,14-15,17-18,20-21,24-25,27,29,35,37,39-40,42H,4-10,13,16,19,22-23,26,28H2,1-3H3;1H/t35-,37-,39-,40-,42+,43-,44-,45+,46+;/m0./s1. The van der Waals surface area contributed by atoms with Crippen LogP contribution in [0.1, 0.15) is 109 Å². The van der Waals surface area contributed by atoms with Crippen molar-refractivity contribution >= 4 is 35.0 Å². The fourth-order valence-electron chi connectivity index (χ4n) is 11.8. The van der Waals surface area contributed by atoms with Crippen LogP contribution in [0.5, 0.6) is 0 Å². The van der Waals surface area contributed by atoms with Crippen LogP contribution in [0, 0.1) is 17.3 Å². The minimum atomic E-state index is -0.685. The molecule has 3 saturated heterocycles. The maximum atomic E-state index is 13.6.